The van der Waals surface area contributed by atoms with E-state index in [0.29, 0.717) is 18.1 Å². The van der Waals surface area contributed by atoms with Gasteiger partial charge in [0.1, 0.15) is 5.82 Å². The highest BCUT2D eigenvalue weighted by molar-refractivity contribution is 5.79. The Hall–Kier alpha value is -2.43. The number of methoxy groups -OCH3 is 1. The highest BCUT2D eigenvalue weighted by atomic mass is 19.1. The predicted molar refractivity (Wildman–Crippen MR) is 90.6 cm³/mol. The SMILES string of the molecule is CCOC(=O)Cc1c(-c2ccnc(OC)c2)cc(F)cc1C(C)C. The van der Waals surface area contributed by atoms with E-state index < -0.39 is 0 Å². The molecule has 0 aliphatic carbocycles. The molecule has 4 nitrogen and oxygen atoms in total. The second-order valence-corrected chi connectivity index (χ2v) is 5.74. The zero-order valence-corrected chi connectivity index (χ0v) is 14.4. The van der Waals surface area contributed by atoms with Gasteiger partial charge in [-0.15, -0.1) is 0 Å². The van der Waals surface area contributed by atoms with Crippen LogP contribution in [0.5, 0.6) is 5.88 Å². The van der Waals surface area contributed by atoms with Crippen LogP contribution in [0.3, 0.4) is 0 Å². The van der Waals surface area contributed by atoms with Crippen LogP contribution in [0.1, 0.15) is 37.8 Å². The van der Waals surface area contributed by atoms with Crippen LogP contribution >= 0.6 is 0 Å². The fourth-order valence-electron chi connectivity index (χ4n) is 2.67. The number of benzene rings is 1. The minimum atomic E-state index is -0.336. The van der Waals surface area contributed by atoms with Crippen molar-refractivity contribution in [1.29, 1.82) is 0 Å². The van der Waals surface area contributed by atoms with Crippen molar-refractivity contribution in [3.63, 3.8) is 0 Å². The largest absolute Gasteiger partial charge is 0.481 e. The van der Waals surface area contributed by atoms with Crippen molar-refractivity contribution in [2.45, 2.75) is 33.1 Å². The van der Waals surface area contributed by atoms with Crippen LogP contribution in [0.25, 0.3) is 11.1 Å². The highest BCUT2D eigenvalue weighted by Crippen LogP contribution is 2.33. The summed E-state index contributed by atoms with van der Waals surface area (Å²) in [6, 6.07) is 6.43. The van der Waals surface area contributed by atoms with Crippen molar-refractivity contribution >= 4 is 5.97 Å². The summed E-state index contributed by atoms with van der Waals surface area (Å²) in [4.78, 5) is 16.1. The van der Waals surface area contributed by atoms with E-state index >= 15 is 0 Å². The molecule has 2 rings (SSSR count). The van der Waals surface area contributed by atoms with Gasteiger partial charge >= 0.3 is 5.97 Å². The molecule has 1 aromatic carbocycles. The zero-order chi connectivity index (χ0) is 17.7. The molecule has 5 heteroatoms. The molecule has 0 spiro atoms. The quantitative estimate of drug-likeness (QED) is 0.747. The summed E-state index contributed by atoms with van der Waals surface area (Å²) >= 11 is 0. The van der Waals surface area contributed by atoms with Gasteiger partial charge < -0.3 is 9.47 Å². The maximum atomic E-state index is 14.2. The number of carbonyl (C=O) groups is 1. The van der Waals surface area contributed by atoms with E-state index in [1.807, 2.05) is 13.8 Å². The number of hydrogen-bond donors (Lipinski definition) is 0. The third-order valence-corrected chi connectivity index (χ3v) is 3.75. The number of nitrogens with zero attached hydrogens (tertiary/aromatic N) is 1. The molecule has 0 amide bonds. The van der Waals surface area contributed by atoms with Crippen LogP contribution in [-0.4, -0.2) is 24.7 Å². The van der Waals surface area contributed by atoms with Gasteiger partial charge in [0.25, 0.3) is 0 Å². The van der Waals surface area contributed by atoms with Crippen molar-refractivity contribution < 1.29 is 18.7 Å². The number of aromatic nitrogens is 1. The molecule has 0 aliphatic rings. The van der Waals surface area contributed by atoms with Crippen LogP contribution in [0.4, 0.5) is 4.39 Å². The van der Waals surface area contributed by atoms with Gasteiger partial charge in [-0.25, -0.2) is 9.37 Å². The fraction of sp³-hybridized carbons (Fsp3) is 0.368. The predicted octanol–water partition coefficient (Wildman–Crippen LogP) is 4.13. The Morgan fingerprint density at radius 1 is 1.29 bits per heavy atom. The van der Waals surface area contributed by atoms with Gasteiger partial charge in [-0.3, -0.25) is 4.79 Å². The molecule has 0 saturated heterocycles. The number of rotatable bonds is 6. The second kappa shape index (κ2) is 7.90. The number of esters is 1. The average Bonchev–Trinajstić information content (AvgIpc) is 2.56. The minimum absolute atomic E-state index is 0.0765. The Kier molecular flexibility index (Phi) is 5.90. The Balaban J connectivity index is 2.61. The van der Waals surface area contributed by atoms with Gasteiger partial charge in [-0.05, 0) is 53.3 Å². The van der Waals surface area contributed by atoms with Crippen molar-refractivity contribution in [3.05, 3.63) is 47.4 Å². The van der Waals surface area contributed by atoms with E-state index in [0.717, 1.165) is 16.7 Å². The lowest BCUT2D eigenvalue weighted by molar-refractivity contribution is -0.142. The number of halogens is 1. The summed E-state index contributed by atoms with van der Waals surface area (Å²) in [7, 11) is 1.52. The van der Waals surface area contributed by atoms with E-state index in [1.54, 1.807) is 25.3 Å². The van der Waals surface area contributed by atoms with Gasteiger partial charge in [0.05, 0.1) is 20.1 Å². The molecule has 0 bridgehead atoms. The smallest absolute Gasteiger partial charge is 0.310 e. The lowest BCUT2D eigenvalue weighted by Gasteiger charge is -2.18. The van der Waals surface area contributed by atoms with E-state index in [-0.39, 0.29) is 24.1 Å². The third-order valence-electron chi connectivity index (χ3n) is 3.75. The molecule has 0 radical (unpaired) electrons. The molecule has 0 aliphatic heterocycles. The topological polar surface area (TPSA) is 48.4 Å². The van der Waals surface area contributed by atoms with E-state index in [2.05, 4.69) is 4.98 Å². The van der Waals surface area contributed by atoms with Gasteiger partial charge in [0.2, 0.25) is 5.88 Å². The number of hydrogen-bond acceptors (Lipinski definition) is 4. The third kappa shape index (κ3) is 4.10. The van der Waals surface area contributed by atoms with Crippen LogP contribution in [0.15, 0.2) is 30.5 Å². The molecular weight excluding hydrogens is 309 g/mol. The first-order valence-corrected chi connectivity index (χ1v) is 7.94. The molecule has 0 N–H and O–H groups in total. The average molecular weight is 331 g/mol. The number of carbonyl (C=O) groups excluding carboxylic acids is 1. The first-order chi connectivity index (χ1) is 11.5. The van der Waals surface area contributed by atoms with Gasteiger partial charge in [0.15, 0.2) is 0 Å². The monoisotopic (exact) mass is 331 g/mol. The lowest BCUT2D eigenvalue weighted by atomic mass is 9.88. The summed E-state index contributed by atoms with van der Waals surface area (Å²) in [6.07, 6.45) is 1.70. The molecule has 1 heterocycles. The number of pyridine rings is 1. The fourth-order valence-corrected chi connectivity index (χ4v) is 2.67. The molecule has 128 valence electrons. The zero-order valence-electron chi connectivity index (χ0n) is 14.4. The van der Waals surface area contributed by atoms with Gasteiger partial charge in [0, 0.05) is 12.3 Å². The number of ether oxygens (including phenoxy) is 2. The van der Waals surface area contributed by atoms with E-state index in [9.17, 15) is 9.18 Å². The Morgan fingerprint density at radius 2 is 2.04 bits per heavy atom. The maximum absolute atomic E-state index is 14.2. The Bertz CT molecular complexity index is 729. The maximum Gasteiger partial charge on any atom is 0.310 e. The van der Waals surface area contributed by atoms with Crippen molar-refractivity contribution in [2.24, 2.45) is 0 Å². The van der Waals surface area contributed by atoms with Crippen LogP contribution in [-0.2, 0) is 16.0 Å². The highest BCUT2D eigenvalue weighted by Gasteiger charge is 2.19. The molecule has 0 unspecified atom stereocenters. The van der Waals surface area contributed by atoms with E-state index in [1.165, 1.54) is 19.2 Å². The molecule has 0 fully saturated rings. The first kappa shape index (κ1) is 17.9. The summed E-state index contributed by atoms with van der Waals surface area (Å²) in [6.45, 7) is 6.02. The Labute approximate surface area is 141 Å². The summed E-state index contributed by atoms with van der Waals surface area (Å²) < 4.78 is 24.4. The Morgan fingerprint density at radius 3 is 2.67 bits per heavy atom. The molecular formula is C19H22FNO3. The van der Waals surface area contributed by atoms with Crippen molar-refractivity contribution in [1.82, 2.24) is 4.98 Å². The summed E-state index contributed by atoms with van der Waals surface area (Å²) in [5.74, 6) is -0.150. The minimum Gasteiger partial charge on any atom is -0.481 e. The molecule has 1 aromatic heterocycles. The van der Waals surface area contributed by atoms with Crippen molar-refractivity contribution in [2.75, 3.05) is 13.7 Å². The summed E-state index contributed by atoms with van der Waals surface area (Å²) in [5, 5.41) is 0. The van der Waals surface area contributed by atoms with E-state index in [4.69, 9.17) is 9.47 Å². The first-order valence-electron chi connectivity index (χ1n) is 7.94. The van der Waals surface area contributed by atoms with Gasteiger partial charge in [-0.2, -0.15) is 0 Å². The van der Waals surface area contributed by atoms with Crippen molar-refractivity contribution in [3.8, 4) is 17.0 Å². The normalized spacial score (nSPS) is 10.8. The molecule has 24 heavy (non-hydrogen) atoms. The molecule has 0 atom stereocenters. The molecule has 2 aromatic rings. The summed E-state index contributed by atoms with van der Waals surface area (Å²) in [5.41, 5.74) is 2.99. The molecule has 0 saturated carbocycles. The van der Waals surface area contributed by atoms with Gasteiger partial charge in [-0.1, -0.05) is 13.8 Å². The van der Waals surface area contributed by atoms with Crippen LogP contribution in [0, 0.1) is 5.82 Å². The van der Waals surface area contributed by atoms with Crippen LogP contribution in [0.2, 0.25) is 0 Å². The van der Waals surface area contributed by atoms with Crippen LogP contribution < -0.4 is 4.74 Å². The second-order valence-electron chi connectivity index (χ2n) is 5.74. The standard InChI is InChI=1S/C19H22FNO3/c1-5-24-19(22)11-17-15(12(2)3)9-14(20)10-16(17)13-6-7-21-18(8-13)23-4/h6-10,12H,5,11H2,1-4H3. The lowest BCUT2D eigenvalue weighted by Crippen LogP contribution is -2.11.